The van der Waals surface area contributed by atoms with Gasteiger partial charge in [-0.1, -0.05) is 0 Å². The molecular formula is C7H13N3O3S. The van der Waals surface area contributed by atoms with Crippen LogP contribution in [-0.2, 0) is 21.3 Å². The van der Waals surface area contributed by atoms with E-state index in [1.807, 2.05) is 6.92 Å². The topological polar surface area (TPSA) is 87.2 Å². The minimum atomic E-state index is -3.69. The van der Waals surface area contributed by atoms with Gasteiger partial charge in [-0.05, 0) is 6.92 Å². The first kappa shape index (κ1) is 11.2. The van der Waals surface area contributed by atoms with Gasteiger partial charge in [-0.15, -0.1) is 0 Å². The van der Waals surface area contributed by atoms with Gasteiger partial charge in [0, 0.05) is 19.3 Å². The van der Waals surface area contributed by atoms with Gasteiger partial charge < -0.3 is 9.30 Å². The van der Waals surface area contributed by atoms with Crippen LogP contribution in [0, 0.1) is 0 Å². The van der Waals surface area contributed by atoms with E-state index in [0.29, 0.717) is 19.8 Å². The van der Waals surface area contributed by atoms with Gasteiger partial charge in [0.05, 0.1) is 12.9 Å². The first-order valence-corrected chi connectivity index (χ1v) is 5.71. The highest BCUT2D eigenvalue weighted by Crippen LogP contribution is 2.01. The molecule has 1 aromatic rings. The van der Waals surface area contributed by atoms with E-state index >= 15 is 0 Å². The predicted molar refractivity (Wildman–Crippen MR) is 50.1 cm³/mol. The molecule has 0 aliphatic heterocycles. The SMILES string of the molecule is CCOCCn1cnc(S(N)(=O)=O)c1. The second-order valence-electron chi connectivity index (χ2n) is 2.69. The third kappa shape index (κ3) is 3.09. The van der Waals surface area contributed by atoms with Crippen LogP contribution < -0.4 is 5.14 Å². The number of nitrogens with two attached hydrogens (primary N) is 1. The van der Waals surface area contributed by atoms with Gasteiger partial charge in [-0.25, -0.2) is 18.5 Å². The molecule has 0 aromatic carbocycles. The van der Waals surface area contributed by atoms with Crippen LogP contribution in [0.3, 0.4) is 0 Å². The van der Waals surface area contributed by atoms with Crippen molar-refractivity contribution in [2.24, 2.45) is 5.14 Å². The van der Waals surface area contributed by atoms with Crippen molar-refractivity contribution in [2.75, 3.05) is 13.2 Å². The zero-order chi connectivity index (χ0) is 10.6. The lowest BCUT2D eigenvalue weighted by atomic mass is 10.6. The van der Waals surface area contributed by atoms with Gasteiger partial charge in [0.2, 0.25) is 0 Å². The first-order valence-electron chi connectivity index (χ1n) is 4.16. The molecule has 0 atom stereocenters. The quantitative estimate of drug-likeness (QED) is 0.680. The molecule has 1 heterocycles. The van der Waals surface area contributed by atoms with Crippen LogP contribution in [0.4, 0.5) is 0 Å². The molecule has 0 radical (unpaired) electrons. The van der Waals surface area contributed by atoms with E-state index in [4.69, 9.17) is 9.88 Å². The van der Waals surface area contributed by atoms with Gasteiger partial charge in [0.1, 0.15) is 0 Å². The molecule has 0 aliphatic rings. The summed E-state index contributed by atoms with van der Waals surface area (Å²) < 4.78 is 28.4. The number of sulfonamides is 1. The minimum absolute atomic E-state index is 0.117. The summed E-state index contributed by atoms with van der Waals surface area (Å²) in [6.07, 6.45) is 2.80. The van der Waals surface area contributed by atoms with E-state index in [1.165, 1.54) is 12.5 Å². The molecule has 6 nitrogen and oxygen atoms in total. The molecule has 0 unspecified atom stereocenters. The van der Waals surface area contributed by atoms with Crippen molar-refractivity contribution in [3.05, 3.63) is 12.5 Å². The zero-order valence-corrected chi connectivity index (χ0v) is 8.70. The van der Waals surface area contributed by atoms with Crippen LogP contribution in [-0.4, -0.2) is 31.2 Å². The van der Waals surface area contributed by atoms with Crippen LogP contribution >= 0.6 is 0 Å². The van der Waals surface area contributed by atoms with E-state index in [-0.39, 0.29) is 5.03 Å². The van der Waals surface area contributed by atoms with Crippen molar-refractivity contribution < 1.29 is 13.2 Å². The fourth-order valence-corrected chi connectivity index (χ4v) is 1.40. The molecule has 0 aliphatic carbocycles. The third-order valence-corrected chi connectivity index (χ3v) is 2.39. The van der Waals surface area contributed by atoms with E-state index in [9.17, 15) is 8.42 Å². The number of nitrogens with zero attached hydrogens (tertiary/aromatic N) is 2. The number of primary sulfonamides is 1. The predicted octanol–water partition coefficient (Wildman–Crippen LogP) is -0.433. The van der Waals surface area contributed by atoms with Crippen LogP contribution in [0.15, 0.2) is 17.6 Å². The molecule has 0 saturated heterocycles. The number of imidazole rings is 1. The summed E-state index contributed by atoms with van der Waals surface area (Å²) in [5, 5.41) is 4.77. The van der Waals surface area contributed by atoms with Gasteiger partial charge in [0.25, 0.3) is 10.0 Å². The molecule has 0 bridgehead atoms. The molecule has 0 fully saturated rings. The summed E-state index contributed by atoms with van der Waals surface area (Å²) >= 11 is 0. The Kier molecular flexibility index (Phi) is 3.62. The van der Waals surface area contributed by atoms with Crippen molar-refractivity contribution in [1.29, 1.82) is 0 Å². The van der Waals surface area contributed by atoms with Crippen molar-refractivity contribution in [2.45, 2.75) is 18.5 Å². The third-order valence-electron chi connectivity index (χ3n) is 1.60. The molecule has 2 N–H and O–H groups in total. The molecular weight excluding hydrogens is 206 g/mol. The largest absolute Gasteiger partial charge is 0.380 e. The molecule has 0 saturated carbocycles. The highest BCUT2D eigenvalue weighted by atomic mass is 32.2. The molecule has 1 aromatic heterocycles. The van der Waals surface area contributed by atoms with Crippen molar-refractivity contribution in [3.8, 4) is 0 Å². The molecule has 0 spiro atoms. The Morgan fingerprint density at radius 2 is 2.36 bits per heavy atom. The van der Waals surface area contributed by atoms with Crippen LogP contribution in [0.2, 0.25) is 0 Å². The number of aromatic nitrogens is 2. The van der Waals surface area contributed by atoms with E-state index in [2.05, 4.69) is 4.98 Å². The van der Waals surface area contributed by atoms with Crippen molar-refractivity contribution >= 4 is 10.0 Å². The lowest BCUT2D eigenvalue weighted by Gasteiger charge is -2.00. The van der Waals surface area contributed by atoms with Crippen LogP contribution in [0.5, 0.6) is 0 Å². The number of ether oxygens (including phenoxy) is 1. The smallest absolute Gasteiger partial charge is 0.257 e. The minimum Gasteiger partial charge on any atom is -0.380 e. The highest BCUT2D eigenvalue weighted by molar-refractivity contribution is 7.89. The summed E-state index contributed by atoms with van der Waals surface area (Å²) in [6, 6.07) is 0. The summed E-state index contributed by atoms with van der Waals surface area (Å²) in [6.45, 7) is 3.62. The maximum absolute atomic E-state index is 10.8. The van der Waals surface area contributed by atoms with Crippen LogP contribution in [0.1, 0.15) is 6.92 Å². The molecule has 80 valence electrons. The number of rotatable bonds is 5. The summed E-state index contributed by atoms with van der Waals surface area (Å²) in [5.41, 5.74) is 0. The Morgan fingerprint density at radius 1 is 1.64 bits per heavy atom. The van der Waals surface area contributed by atoms with Crippen LogP contribution in [0.25, 0.3) is 0 Å². The molecule has 14 heavy (non-hydrogen) atoms. The fourth-order valence-electron chi connectivity index (χ4n) is 0.923. The highest BCUT2D eigenvalue weighted by Gasteiger charge is 2.10. The molecule has 0 amide bonds. The normalized spacial score (nSPS) is 11.9. The Bertz CT molecular complexity index is 385. The Hall–Kier alpha value is -0.920. The first-order chi connectivity index (χ1) is 6.54. The average molecular weight is 219 g/mol. The summed E-state index contributed by atoms with van der Waals surface area (Å²) in [7, 11) is -3.69. The standard InChI is InChI=1S/C7H13N3O3S/c1-2-13-4-3-10-5-7(9-6-10)14(8,11)12/h5-6H,2-4H2,1H3,(H2,8,11,12). The Morgan fingerprint density at radius 3 is 2.86 bits per heavy atom. The second-order valence-corrected chi connectivity index (χ2v) is 4.20. The van der Waals surface area contributed by atoms with E-state index in [1.54, 1.807) is 4.57 Å². The zero-order valence-electron chi connectivity index (χ0n) is 7.88. The van der Waals surface area contributed by atoms with Gasteiger partial charge in [0.15, 0.2) is 5.03 Å². The maximum atomic E-state index is 10.8. The van der Waals surface area contributed by atoms with Gasteiger partial charge in [-0.3, -0.25) is 0 Å². The van der Waals surface area contributed by atoms with E-state index in [0.717, 1.165) is 0 Å². The lowest BCUT2D eigenvalue weighted by Crippen LogP contribution is -2.12. The fraction of sp³-hybridized carbons (Fsp3) is 0.571. The number of hydrogen-bond donors (Lipinski definition) is 1. The van der Waals surface area contributed by atoms with Gasteiger partial charge >= 0.3 is 0 Å². The molecule has 7 heteroatoms. The second kappa shape index (κ2) is 4.54. The van der Waals surface area contributed by atoms with Crippen molar-refractivity contribution in [3.63, 3.8) is 0 Å². The monoisotopic (exact) mass is 219 g/mol. The number of hydrogen-bond acceptors (Lipinski definition) is 4. The van der Waals surface area contributed by atoms with E-state index < -0.39 is 10.0 Å². The molecule has 1 rings (SSSR count). The Balaban J connectivity index is 2.60. The van der Waals surface area contributed by atoms with Gasteiger partial charge in [-0.2, -0.15) is 0 Å². The summed E-state index contributed by atoms with van der Waals surface area (Å²) in [4.78, 5) is 3.66. The lowest BCUT2D eigenvalue weighted by molar-refractivity contribution is 0.139. The summed E-state index contributed by atoms with van der Waals surface area (Å²) in [5.74, 6) is 0. The van der Waals surface area contributed by atoms with Crippen molar-refractivity contribution in [1.82, 2.24) is 9.55 Å². The maximum Gasteiger partial charge on any atom is 0.257 e. The average Bonchev–Trinajstić information content (AvgIpc) is 2.52. The Labute approximate surface area is 82.7 Å².